The number of aromatic nitrogens is 2. The fourth-order valence-electron chi connectivity index (χ4n) is 1.92. The third-order valence-electron chi connectivity index (χ3n) is 2.86. The Kier molecular flexibility index (Phi) is 3.65. The second-order valence-corrected chi connectivity index (χ2v) is 4.57. The standard InChI is InChI=1S/C14H15FN4O/c1-8-11(13(20)19(2)3)12(18-14(16)17-8)9-6-4-5-7-10(9)15/h4-7H,1-3H3,(H2,16,17,18). The maximum absolute atomic E-state index is 14.0. The Labute approximate surface area is 116 Å². The Bertz CT molecular complexity index is 670. The van der Waals surface area contributed by atoms with Crippen molar-refractivity contribution in [3.05, 3.63) is 41.3 Å². The van der Waals surface area contributed by atoms with Gasteiger partial charge in [-0.25, -0.2) is 14.4 Å². The molecule has 0 spiro atoms. The van der Waals surface area contributed by atoms with Crippen molar-refractivity contribution >= 4 is 11.9 Å². The zero-order chi connectivity index (χ0) is 14.9. The van der Waals surface area contributed by atoms with E-state index in [4.69, 9.17) is 5.73 Å². The molecular weight excluding hydrogens is 259 g/mol. The first kappa shape index (κ1) is 13.9. The summed E-state index contributed by atoms with van der Waals surface area (Å²) in [4.78, 5) is 21.7. The van der Waals surface area contributed by atoms with Crippen molar-refractivity contribution < 1.29 is 9.18 Å². The Morgan fingerprint density at radius 3 is 2.50 bits per heavy atom. The molecular formula is C14H15FN4O. The van der Waals surface area contributed by atoms with Gasteiger partial charge < -0.3 is 10.6 Å². The normalized spacial score (nSPS) is 10.4. The molecule has 1 amide bonds. The molecule has 104 valence electrons. The molecule has 6 heteroatoms. The molecule has 0 bridgehead atoms. The van der Waals surface area contributed by atoms with Crippen molar-refractivity contribution in [2.24, 2.45) is 0 Å². The van der Waals surface area contributed by atoms with Crippen LogP contribution in [-0.2, 0) is 0 Å². The number of anilines is 1. The van der Waals surface area contributed by atoms with Crippen LogP contribution in [0.15, 0.2) is 24.3 Å². The maximum Gasteiger partial charge on any atom is 0.257 e. The molecule has 1 aromatic carbocycles. The average Bonchev–Trinajstić information content (AvgIpc) is 2.37. The Hall–Kier alpha value is -2.50. The SMILES string of the molecule is Cc1nc(N)nc(-c2ccccc2F)c1C(=O)N(C)C. The lowest BCUT2D eigenvalue weighted by molar-refractivity contribution is 0.0827. The summed E-state index contributed by atoms with van der Waals surface area (Å²) in [7, 11) is 3.23. The van der Waals surface area contributed by atoms with Crippen LogP contribution in [0.4, 0.5) is 10.3 Å². The lowest BCUT2D eigenvalue weighted by Gasteiger charge is -2.16. The zero-order valence-corrected chi connectivity index (χ0v) is 11.5. The number of rotatable bonds is 2. The number of nitrogen functional groups attached to an aromatic ring is 1. The smallest absolute Gasteiger partial charge is 0.257 e. The van der Waals surface area contributed by atoms with Crippen LogP contribution < -0.4 is 5.73 Å². The minimum atomic E-state index is -0.460. The lowest BCUT2D eigenvalue weighted by atomic mass is 10.0. The monoisotopic (exact) mass is 274 g/mol. The number of aryl methyl sites for hydroxylation is 1. The van der Waals surface area contributed by atoms with Gasteiger partial charge in [0.2, 0.25) is 5.95 Å². The average molecular weight is 274 g/mol. The maximum atomic E-state index is 14.0. The molecule has 0 radical (unpaired) electrons. The highest BCUT2D eigenvalue weighted by molar-refractivity contribution is 6.00. The number of hydrogen-bond donors (Lipinski definition) is 1. The molecule has 2 rings (SSSR count). The van der Waals surface area contributed by atoms with Crippen molar-refractivity contribution in [1.29, 1.82) is 0 Å². The van der Waals surface area contributed by atoms with E-state index >= 15 is 0 Å². The Morgan fingerprint density at radius 2 is 1.90 bits per heavy atom. The van der Waals surface area contributed by atoms with E-state index in [2.05, 4.69) is 9.97 Å². The number of carbonyl (C=O) groups excluding carboxylic acids is 1. The van der Waals surface area contributed by atoms with Gasteiger partial charge in [-0.1, -0.05) is 12.1 Å². The van der Waals surface area contributed by atoms with E-state index < -0.39 is 5.82 Å². The Balaban J connectivity index is 2.75. The zero-order valence-electron chi connectivity index (χ0n) is 11.5. The second-order valence-electron chi connectivity index (χ2n) is 4.57. The molecule has 0 atom stereocenters. The summed E-state index contributed by atoms with van der Waals surface area (Å²) in [6, 6.07) is 6.12. The van der Waals surface area contributed by atoms with Crippen molar-refractivity contribution in [2.45, 2.75) is 6.92 Å². The lowest BCUT2D eigenvalue weighted by Crippen LogP contribution is -2.24. The molecule has 20 heavy (non-hydrogen) atoms. The topological polar surface area (TPSA) is 72.1 Å². The van der Waals surface area contributed by atoms with Crippen LogP contribution in [0, 0.1) is 12.7 Å². The molecule has 0 fully saturated rings. The van der Waals surface area contributed by atoms with Gasteiger partial charge in [-0.05, 0) is 19.1 Å². The summed E-state index contributed by atoms with van der Waals surface area (Å²) in [6.45, 7) is 1.65. The minimum absolute atomic E-state index is 0.0102. The van der Waals surface area contributed by atoms with Gasteiger partial charge in [0.25, 0.3) is 5.91 Å². The van der Waals surface area contributed by atoms with Crippen LogP contribution in [0.2, 0.25) is 0 Å². The van der Waals surface area contributed by atoms with Gasteiger partial charge in [0.1, 0.15) is 5.82 Å². The van der Waals surface area contributed by atoms with Crippen molar-refractivity contribution in [3.8, 4) is 11.3 Å². The van der Waals surface area contributed by atoms with E-state index in [9.17, 15) is 9.18 Å². The third-order valence-corrected chi connectivity index (χ3v) is 2.86. The van der Waals surface area contributed by atoms with Crippen LogP contribution in [0.25, 0.3) is 11.3 Å². The molecule has 2 N–H and O–H groups in total. The van der Waals surface area contributed by atoms with E-state index in [1.807, 2.05) is 0 Å². The van der Waals surface area contributed by atoms with Gasteiger partial charge in [-0.2, -0.15) is 0 Å². The van der Waals surface area contributed by atoms with E-state index in [1.54, 1.807) is 39.2 Å². The fraction of sp³-hybridized carbons (Fsp3) is 0.214. The van der Waals surface area contributed by atoms with E-state index in [-0.39, 0.29) is 28.7 Å². The number of carbonyl (C=O) groups is 1. The van der Waals surface area contributed by atoms with Crippen LogP contribution in [0.5, 0.6) is 0 Å². The number of hydrogen-bond acceptors (Lipinski definition) is 4. The molecule has 2 aromatic rings. The number of nitrogens with two attached hydrogens (primary N) is 1. The number of halogens is 1. The molecule has 0 saturated carbocycles. The summed E-state index contributed by atoms with van der Waals surface area (Å²) in [6.07, 6.45) is 0. The van der Waals surface area contributed by atoms with Crippen LogP contribution in [-0.4, -0.2) is 34.9 Å². The highest BCUT2D eigenvalue weighted by Crippen LogP contribution is 2.27. The molecule has 0 aliphatic carbocycles. The van der Waals surface area contributed by atoms with Crippen LogP contribution in [0.3, 0.4) is 0 Å². The van der Waals surface area contributed by atoms with E-state index in [0.717, 1.165) is 0 Å². The van der Waals surface area contributed by atoms with Crippen molar-refractivity contribution in [1.82, 2.24) is 14.9 Å². The molecule has 1 aromatic heterocycles. The van der Waals surface area contributed by atoms with Crippen molar-refractivity contribution in [3.63, 3.8) is 0 Å². The number of benzene rings is 1. The summed E-state index contributed by atoms with van der Waals surface area (Å²) >= 11 is 0. The van der Waals surface area contributed by atoms with Gasteiger partial charge >= 0.3 is 0 Å². The van der Waals surface area contributed by atoms with Gasteiger partial charge in [0.15, 0.2) is 0 Å². The summed E-state index contributed by atoms with van der Waals surface area (Å²) in [5, 5.41) is 0. The van der Waals surface area contributed by atoms with Gasteiger partial charge in [0, 0.05) is 19.7 Å². The first-order valence-electron chi connectivity index (χ1n) is 6.02. The molecule has 5 nitrogen and oxygen atoms in total. The fourth-order valence-corrected chi connectivity index (χ4v) is 1.92. The van der Waals surface area contributed by atoms with Crippen LogP contribution in [0.1, 0.15) is 16.1 Å². The highest BCUT2D eigenvalue weighted by Gasteiger charge is 2.22. The van der Waals surface area contributed by atoms with Gasteiger partial charge in [-0.3, -0.25) is 4.79 Å². The molecule has 0 unspecified atom stereocenters. The minimum Gasteiger partial charge on any atom is -0.368 e. The predicted molar refractivity (Wildman–Crippen MR) is 74.6 cm³/mol. The quantitative estimate of drug-likeness (QED) is 0.907. The number of amides is 1. The van der Waals surface area contributed by atoms with E-state index in [0.29, 0.717) is 5.69 Å². The molecule has 0 aliphatic heterocycles. The summed E-state index contributed by atoms with van der Waals surface area (Å²) < 4.78 is 14.0. The summed E-state index contributed by atoms with van der Waals surface area (Å²) in [5.41, 5.74) is 6.75. The van der Waals surface area contributed by atoms with E-state index in [1.165, 1.54) is 11.0 Å². The largest absolute Gasteiger partial charge is 0.368 e. The van der Waals surface area contributed by atoms with Gasteiger partial charge in [-0.15, -0.1) is 0 Å². The van der Waals surface area contributed by atoms with Gasteiger partial charge in [0.05, 0.1) is 17.0 Å². The van der Waals surface area contributed by atoms with Crippen LogP contribution >= 0.6 is 0 Å². The Morgan fingerprint density at radius 1 is 1.25 bits per heavy atom. The second kappa shape index (κ2) is 5.24. The number of nitrogens with zero attached hydrogens (tertiary/aromatic N) is 3. The highest BCUT2D eigenvalue weighted by atomic mass is 19.1. The summed E-state index contributed by atoms with van der Waals surface area (Å²) in [5.74, 6) is -0.741. The molecule has 1 heterocycles. The molecule has 0 saturated heterocycles. The predicted octanol–water partition coefficient (Wildman–Crippen LogP) is 1.88. The first-order valence-corrected chi connectivity index (χ1v) is 6.02. The first-order chi connectivity index (χ1) is 9.41. The molecule has 0 aliphatic rings. The van der Waals surface area contributed by atoms with Crippen molar-refractivity contribution in [2.75, 3.05) is 19.8 Å². The third kappa shape index (κ3) is 2.45.